The Bertz CT molecular complexity index is 853. The lowest BCUT2D eigenvalue weighted by Gasteiger charge is -2.05. The maximum absolute atomic E-state index is 12.2. The SMILES string of the molecule is O=S(=O)(Nc1nccs1)c1ccc(N=Cc2ccco2)cc1. The molecule has 0 saturated carbocycles. The zero-order chi connectivity index (χ0) is 15.4. The summed E-state index contributed by atoms with van der Waals surface area (Å²) in [5.74, 6) is 0.627. The molecule has 0 radical (unpaired) electrons. The van der Waals surface area contributed by atoms with E-state index >= 15 is 0 Å². The van der Waals surface area contributed by atoms with E-state index < -0.39 is 10.0 Å². The first-order chi connectivity index (χ1) is 10.6. The Balaban J connectivity index is 1.76. The van der Waals surface area contributed by atoms with Crippen molar-refractivity contribution in [3.05, 3.63) is 60.0 Å². The third-order valence-corrected chi connectivity index (χ3v) is 4.86. The van der Waals surface area contributed by atoms with Gasteiger partial charge in [-0.2, -0.15) is 0 Å². The molecule has 3 aromatic rings. The second-order valence-electron chi connectivity index (χ2n) is 4.21. The van der Waals surface area contributed by atoms with Crippen LogP contribution in [-0.2, 0) is 10.0 Å². The smallest absolute Gasteiger partial charge is 0.263 e. The minimum absolute atomic E-state index is 0.152. The van der Waals surface area contributed by atoms with Crippen LogP contribution in [0.15, 0.2) is 68.5 Å². The van der Waals surface area contributed by atoms with Crippen molar-refractivity contribution in [1.82, 2.24) is 4.98 Å². The molecule has 2 aromatic heterocycles. The van der Waals surface area contributed by atoms with Gasteiger partial charge in [-0.1, -0.05) is 0 Å². The number of rotatable bonds is 5. The number of hydrogen-bond acceptors (Lipinski definition) is 6. The minimum Gasteiger partial charge on any atom is -0.463 e. The zero-order valence-electron chi connectivity index (χ0n) is 11.2. The summed E-state index contributed by atoms with van der Waals surface area (Å²) in [6.45, 7) is 0. The van der Waals surface area contributed by atoms with Gasteiger partial charge in [0.15, 0.2) is 5.13 Å². The summed E-state index contributed by atoms with van der Waals surface area (Å²) >= 11 is 1.22. The van der Waals surface area contributed by atoms with Crippen LogP contribution in [0.1, 0.15) is 5.76 Å². The zero-order valence-corrected chi connectivity index (χ0v) is 12.8. The van der Waals surface area contributed by atoms with E-state index in [1.807, 2.05) is 0 Å². The number of aliphatic imine (C=N–C) groups is 1. The van der Waals surface area contributed by atoms with Crippen LogP contribution in [0.2, 0.25) is 0 Å². The van der Waals surface area contributed by atoms with Crippen LogP contribution in [0.5, 0.6) is 0 Å². The first-order valence-electron chi connectivity index (χ1n) is 6.23. The molecule has 0 spiro atoms. The second-order valence-corrected chi connectivity index (χ2v) is 6.79. The van der Waals surface area contributed by atoms with Crippen molar-refractivity contribution < 1.29 is 12.8 Å². The number of aromatic nitrogens is 1. The second kappa shape index (κ2) is 6.12. The van der Waals surface area contributed by atoms with Crippen LogP contribution < -0.4 is 4.72 Å². The molecule has 0 aliphatic carbocycles. The molecule has 0 bridgehead atoms. The average Bonchev–Trinajstić information content (AvgIpc) is 3.18. The third kappa shape index (κ3) is 3.41. The molecule has 6 nitrogen and oxygen atoms in total. The molecule has 8 heteroatoms. The Labute approximate surface area is 131 Å². The molecule has 0 unspecified atom stereocenters. The fourth-order valence-corrected chi connectivity index (χ4v) is 3.45. The molecule has 0 aliphatic rings. The molecule has 112 valence electrons. The maximum Gasteiger partial charge on any atom is 0.263 e. The van der Waals surface area contributed by atoms with Crippen molar-refractivity contribution in [2.75, 3.05) is 4.72 Å². The van der Waals surface area contributed by atoms with Crippen molar-refractivity contribution in [2.24, 2.45) is 4.99 Å². The Kier molecular flexibility index (Phi) is 4.03. The maximum atomic E-state index is 12.2. The van der Waals surface area contributed by atoms with Gasteiger partial charge >= 0.3 is 0 Å². The number of hydrogen-bond donors (Lipinski definition) is 1. The third-order valence-electron chi connectivity index (χ3n) is 2.69. The monoisotopic (exact) mass is 333 g/mol. The molecule has 1 N–H and O–H groups in total. The average molecular weight is 333 g/mol. The van der Waals surface area contributed by atoms with Gasteiger partial charge in [0, 0.05) is 11.6 Å². The van der Waals surface area contributed by atoms with Crippen LogP contribution >= 0.6 is 11.3 Å². The van der Waals surface area contributed by atoms with E-state index in [-0.39, 0.29) is 4.90 Å². The van der Waals surface area contributed by atoms with E-state index in [1.165, 1.54) is 29.7 Å². The lowest BCUT2D eigenvalue weighted by Crippen LogP contribution is -2.12. The van der Waals surface area contributed by atoms with Crippen molar-refractivity contribution in [2.45, 2.75) is 4.90 Å². The van der Waals surface area contributed by atoms with E-state index in [4.69, 9.17) is 4.42 Å². The summed E-state index contributed by atoms with van der Waals surface area (Å²) in [4.78, 5) is 8.25. The first-order valence-corrected chi connectivity index (χ1v) is 8.60. The molecule has 0 amide bonds. The van der Waals surface area contributed by atoms with Gasteiger partial charge in [0.05, 0.1) is 23.1 Å². The van der Waals surface area contributed by atoms with Crippen molar-refractivity contribution in [1.29, 1.82) is 0 Å². The molecular formula is C14H11N3O3S2. The lowest BCUT2D eigenvalue weighted by atomic mass is 10.3. The molecule has 0 fully saturated rings. The van der Waals surface area contributed by atoms with E-state index in [0.717, 1.165) is 0 Å². The lowest BCUT2D eigenvalue weighted by molar-refractivity contribution is 0.560. The predicted molar refractivity (Wildman–Crippen MR) is 85.3 cm³/mol. The molecule has 0 atom stereocenters. The largest absolute Gasteiger partial charge is 0.463 e. The number of nitrogens with zero attached hydrogens (tertiary/aromatic N) is 2. The summed E-state index contributed by atoms with van der Waals surface area (Å²) in [7, 11) is -3.63. The van der Waals surface area contributed by atoms with Crippen LogP contribution in [-0.4, -0.2) is 19.6 Å². The fourth-order valence-electron chi connectivity index (χ4n) is 1.66. The van der Waals surface area contributed by atoms with Crippen LogP contribution in [0.25, 0.3) is 0 Å². The van der Waals surface area contributed by atoms with Crippen molar-refractivity contribution in [3.63, 3.8) is 0 Å². The minimum atomic E-state index is -3.63. The first kappa shape index (κ1) is 14.5. The van der Waals surface area contributed by atoms with Crippen molar-refractivity contribution >= 4 is 38.4 Å². The Morgan fingerprint density at radius 3 is 2.68 bits per heavy atom. The summed E-state index contributed by atoms with van der Waals surface area (Å²) < 4.78 is 31.9. The van der Waals surface area contributed by atoms with Gasteiger partial charge in [-0.25, -0.2) is 13.4 Å². The van der Waals surface area contributed by atoms with Gasteiger partial charge < -0.3 is 4.42 Å². The molecule has 0 aliphatic heterocycles. The Morgan fingerprint density at radius 2 is 2.05 bits per heavy atom. The number of furan rings is 1. The van der Waals surface area contributed by atoms with Gasteiger partial charge in [-0.15, -0.1) is 11.3 Å². The quantitative estimate of drug-likeness (QED) is 0.726. The predicted octanol–water partition coefficient (Wildman–Crippen LogP) is 3.29. The standard InChI is InChI=1S/C14H11N3O3S2/c18-22(19,17-14-15-7-9-21-14)13-5-3-11(4-6-13)16-10-12-2-1-8-20-12/h1-10H,(H,15,17). The number of thiazole rings is 1. The molecule has 22 heavy (non-hydrogen) atoms. The number of anilines is 1. The van der Waals surface area contributed by atoms with E-state index in [2.05, 4.69) is 14.7 Å². The number of benzene rings is 1. The highest BCUT2D eigenvalue weighted by Gasteiger charge is 2.14. The van der Waals surface area contributed by atoms with E-state index in [0.29, 0.717) is 16.6 Å². The Hall–Kier alpha value is -2.45. The van der Waals surface area contributed by atoms with Crippen molar-refractivity contribution in [3.8, 4) is 0 Å². The fraction of sp³-hybridized carbons (Fsp3) is 0. The van der Waals surface area contributed by atoms with Gasteiger partial charge in [0.1, 0.15) is 5.76 Å². The van der Waals surface area contributed by atoms with Gasteiger partial charge in [0.25, 0.3) is 10.0 Å². The van der Waals surface area contributed by atoms with Crippen LogP contribution in [0.3, 0.4) is 0 Å². The number of sulfonamides is 1. The van der Waals surface area contributed by atoms with Gasteiger partial charge in [-0.05, 0) is 36.4 Å². The molecular weight excluding hydrogens is 322 g/mol. The molecule has 2 heterocycles. The highest BCUT2D eigenvalue weighted by molar-refractivity contribution is 7.93. The topological polar surface area (TPSA) is 84.6 Å². The number of nitrogens with one attached hydrogen (secondary N) is 1. The molecule has 0 saturated heterocycles. The van der Waals surface area contributed by atoms with E-state index in [1.54, 1.807) is 42.1 Å². The van der Waals surface area contributed by atoms with E-state index in [9.17, 15) is 8.42 Å². The molecule has 3 rings (SSSR count). The summed E-state index contributed by atoms with van der Waals surface area (Å²) in [5, 5.41) is 2.03. The summed E-state index contributed by atoms with van der Waals surface area (Å²) in [6, 6.07) is 9.77. The Morgan fingerprint density at radius 1 is 1.23 bits per heavy atom. The van der Waals surface area contributed by atoms with Gasteiger partial charge in [0.2, 0.25) is 0 Å². The summed E-state index contributed by atoms with van der Waals surface area (Å²) in [6.07, 6.45) is 4.66. The van der Waals surface area contributed by atoms with Crippen LogP contribution in [0, 0.1) is 0 Å². The highest BCUT2D eigenvalue weighted by Crippen LogP contribution is 2.20. The van der Waals surface area contributed by atoms with Gasteiger partial charge in [-0.3, -0.25) is 9.71 Å². The highest BCUT2D eigenvalue weighted by atomic mass is 32.2. The normalized spacial score (nSPS) is 11.8. The molecule has 1 aromatic carbocycles. The summed E-state index contributed by atoms with van der Waals surface area (Å²) in [5.41, 5.74) is 0.629. The van der Waals surface area contributed by atoms with Crippen LogP contribution in [0.4, 0.5) is 10.8 Å².